The molecule has 0 aliphatic carbocycles. The molecular formula is C16H24N2O2S3. The molecule has 4 nitrogen and oxygen atoms in total. The zero-order chi connectivity index (χ0) is 16.9. The SMILES string of the molecule is CCN(CC)CCN(Cc1cccs1)S(=O)(=O)c1ccc(C)s1. The van der Waals surface area contributed by atoms with Gasteiger partial charge in [0.1, 0.15) is 4.21 Å². The molecule has 23 heavy (non-hydrogen) atoms. The molecule has 0 bridgehead atoms. The molecule has 0 aromatic carbocycles. The van der Waals surface area contributed by atoms with Crippen molar-refractivity contribution in [3.8, 4) is 0 Å². The van der Waals surface area contributed by atoms with E-state index in [9.17, 15) is 8.42 Å². The third-order valence-corrected chi connectivity index (χ3v) is 7.96. The fraction of sp³-hybridized carbons (Fsp3) is 0.500. The van der Waals surface area contributed by atoms with E-state index >= 15 is 0 Å². The van der Waals surface area contributed by atoms with Crippen LogP contribution in [0.15, 0.2) is 33.9 Å². The lowest BCUT2D eigenvalue weighted by molar-refractivity contribution is 0.269. The van der Waals surface area contributed by atoms with Crippen molar-refractivity contribution in [1.29, 1.82) is 0 Å². The van der Waals surface area contributed by atoms with Gasteiger partial charge in [-0.05, 0) is 43.6 Å². The molecule has 0 atom stereocenters. The molecule has 2 aromatic rings. The van der Waals surface area contributed by atoms with Crippen LogP contribution in [-0.2, 0) is 16.6 Å². The predicted molar refractivity (Wildman–Crippen MR) is 98.8 cm³/mol. The highest BCUT2D eigenvalue weighted by atomic mass is 32.2. The molecular weight excluding hydrogens is 348 g/mol. The van der Waals surface area contributed by atoms with Gasteiger partial charge < -0.3 is 4.90 Å². The predicted octanol–water partition coefficient (Wildman–Crippen LogP) is 3.65. The van der Waals surface area contributed by atoms with Gasteiger partial charge in [-0.3, -0.25) is 0 Å². The first kappa shape index (κ1) is 18.6. The Kier molecular flexibility index (Phi) is 6.79. The average molecular weight is 373 g/mol. The van der Waals surface area contributed by atoms with Crippen LogP contribution >= 0.6 is 22.7 Å². The molecule has 0 aliphatic heterocycles. The minimum absolute atomic E-state index is 0.436. The van der Waals surface area contributed by atoms with Gasteiger partial charge in [0, 0.05) is 29.4 Å². The van der Waals surface area contributed by atoms with Crippen molar-refractivity contribution in [1.82, 2.24) is 9.21 Å². The molecule has 0 saturated heterocycles. The van der Waals surface area contributed by atoms with E-state index < -0.39 is 10.0 Å². The highest BCUT2D eigenvalue weighted by molar-refractivity contribution is 7.91. The fourth-order valence-corrected chi connectivity index (χ4v) is 5.98. The third-order valence-electron chi connectivity index (χ3n) is 3.78. The van der Waals surface area contributed by atoms with Crippen molar-refractivity contribution < 1.29 is 8.42 Å². The van der Waals surface area contributed by atoms with Gasteiger partial charge in [-0.15, -0.1) is 22.7 Å². The van der Waals surface area contributed by atoms with Crippen LogP contribution in [0.4, 0.5) is 0 Å². The standard InChI is InChI=1S/C16H24N2O2S3/c1-4-17(5-2)10-11-18(13-15-7-6-12-21-15)23(19,20)16-9-8-14(3)22-16/h6-9,12H,4-5,10-11,13H2,1-3H3. The second-order valence-corrected chi connectivity index (χ2v) is 9.79. The van der Waals surface area contributed by atoms with Crippen LogP contribution in [0, 0.1) is 6.92 Å². The molecule has 0 aliphatic rings. The number of nitrogens with zero attached hydrogens (tertiary/aromatic N) is 2. The van der Waals surface area contributed by atoms with Gasteiger partial charge in [0.2, 0.25) is 0 Å². The average Bonchev–Trinajstić information content (AvgIpc) is 3.18. The molecule has 2 aromatic heterocycles. The number of thiophene rings is 2. The molecule has 0 radical (unpaired) electrons. The smallest absolute Gasteiger partial charge is 0.252 e. The van der Waals surface area contributed by atoms with E-state index in [-0.39, 0.29) is 0 Å². The minimum atomic E-state index is -3.44. The number of hydrogen-bond donors (Lipinski definition) is 0. The minimum Gasteiger partial charge on any atom is -0.303 e. The number of aryl methyl sites for hydroxylation is 1. The second-order valence-electron chi connectivity index (χ2n) is 5.31. The summed E-state index contributed by atoms with van der Waals surface area (Å²) < 4.78 is 28.0. The normalized spacial score (nSPS) is 12.4. The zero-order valence-electron chi connectivity index (χ0n) is 13.9. The van der Waals surface area contributed by atoms with E-state index in [2.05, 4.69) is 18.7 Å². The Hall–Kier alpha value is -0.730. The van der Waals surface area contributed by atoms with Crippen molar-refractivity contribution in [2.24, 2.45) is 0 Å². The third kappa shape index (κ3) is 4.87. The quantitative estimate of drug-likeness (QED) is 0.674. The Labute approximate surface area is 147 Å². The lowest BCUT2D eigenvalue weighted by Gasteiger charge is -2.25. The molecule has 7 heteroatoms. The topological polar surface area (TPSA) is 40.6 Å². The Morgan fingerprint density at radius 1 is 1.09 bits per heavy atom. The van der Waals surface area contributed by atoms with Gasteiger partial charge in [0.05, 0.1) is 0 Å². The van der Waals surface area contributed by atoms with Crippen molar-refractivity contribution in [2.75, 3.05) is 26.2 Å². The van der Waals surface area contributed by atoms with Crippen LogP contribution < -0.4 is 0 Å². The van der Waals surface area contributed by atoms with Crippen LogP contribution in [0.5, 0.6) is 0 Å². The van der Waals surface area contributed by atoms with Gasteiger partial charge in [0.15, 0.2) is 0 Å². The maximum Gasteiger partial charge on any atom is 0.252 e. The summed E-state index contributed by atoms with van der Waals surface area (Å²) >= 11 is 2.94. The zero-order valence-corrected chi connectivity index (χ0v) is 16.3. The molecule has 0 amide bonds. The van der Waals surface area contributed by atoms with Gasteiger partial charge >= 0.3 is 0 Å². The van der Waals surface area contributed by atoms with E-state index in [1.165, 1.54) is 11.3 Å². The lowest BCUT2D eigenvalue weighted by atomic mass is 10.4. The largest absolute Gasteiger partial charge is 0.303 e. The van der Waals surface area contributed by atoms with Gasteiger partial charge in [-0.1, -0.05) is 19.9 Å². The summed E-state index contributed by atoms with van der Waals surface area (Å²) in [6.45, 7) is 9.71. The van der Waals surface area contributed by atoms with E-state index in [4.69, 9.17) is 0 Å². The van der Waals surface area contributed by atoms with E-state index in [1.807, 2.05) is 30.5 Å². The van der Waals surface area contributed by atoms with Gasteiger partial charge in [0.25, 0.3) is 10.0 Å². The van der Waals surface area contributed by atoms with Crippen molar-refractivity contribution >= 4 is 32.7 Å². The molecule has 0 N–H and O–H groups in total. The monoisotopic (exact) mass is 372 g/mol. The van der Waals surface area contributed by atoms with Crippen molar-refractivity contribution in [3.05, 3.63) is 39.4 Å². The molecule has 0 spiro atoms. The first-order valence-corrected chi connectivity index (χ1v) is 10.9. The van der Waals surface area contributed by atoms with Crippen molar-refractivity contribution in [3.63, 3.8) is 0 Å². The highest BCUT2D eigenvalue weighted by Crippen LogP contribution is 2.26. The molecule has 0 fully saturated rings. The Morgan fingerprint density at radius 3 is 2.35 bits per heavy atom. The van der Waals surface area contributed by atoms with E-state index in [0.29, 0.717) is 17.3 Å². The number of hydrogen-bond acceptors (Lipinski definition) is 5. The summed E-state index contributed by atoms with van der Waals surface area (Å²) in [6, 6.07) is 7.54. The maximum atomic E-state index is 13.0. The van der Waals surface area contributed by atoms with Crippen LogP contribution in [-0.4, -0.2) is 43.8 Å². The van der Waals surface area contributed by atoms with Crippen LogP contribution in [0.3, 0.4) is 0 Å². The van der Waals surface area contributed by atoms with E-state index in [1.54, 1.807) is 21.7 Å². The molecule has 0 saturated carbocycles. The van der Waals surface area contributed by atoms with Gasteiger partial charge in [-0.25, -0.2) is 8.42 Å². The van der Waals surface area contributed by atoms with Crippen LogP contribution in [0.2, 0.25) is 0 Å². The van der Waals surface area contributed by atoms with Gasteiger partial charge in [-0.2, -0.15) is 4.31 Å². The first-order chi connectivity index (χ1) is 11.0. The Morgan fingerprint density at radius 2 is 1.83 bits per heavy atom. The molecule has 2 heterocycles. The summed E-state index contributed by atoms with van der Waals surface area (Å²) in [7, 11) is -3.44. The highest BCUT2D eigenvalue weighted by Gasteiger charge is 2.26. The first-order valence-electron chi connectivity index (χ1n) is 7.78. The lowest BCUT2D eigenvalue weighted by Crippen LogP contribution is -2.38. The summed E-state index contributed by atoms with van der Waals surface area (Å²) in [6.07, 6.45) is 0. The fourth-order valence-electron chi connectivity index (χ4n) is 2.33. The Bertz CT molecular complexity index is 689. The summed E-state index contributed by atoms with van der Waals surface area (Å²) in [5.41, 5.74) is 0. The van der Waals surface area contributed by atoms with Crippen molar-refractivity contribution in [2.45, 2.75) is 31.5 Å². The molecule has 128 valence electrons. The molecule has 2 rings (SSSR count). The van der Waals surface area contributed by atoms with E-state index in [0.717, 1.165) is 29.4 Å². The maximum absolute atomic E-state index is 13.0. The summed E-state index contributed by atoms with van der Waals surface area (Å²) in [4.78, 5) is 4.33. The second kappa shape index (κ2) is 8.39. The number of rotatable bonds is 9. The number of sulfonamides is 1. The van der Waals surface area contributed by atoms with Crippen LogP contribution in [0.25, 0.3) is 0 Å². The molecule has 0 unspecified atom stereocenters. The Balaban J connectivity index is 2.21. The summed E-state index contributed by atoms with van der Waals surface area (Å²) in [5, 5.41) is 1.99. The number of likely N-dealkylation sites (N-methyl/N-ethyl adjacent to an activating group) is 1. The summed E-state index contributed by atoms with van der Waals surface area (Å²) in [5.74, 6) is 0. The van der Waals surface area contributed by atoms with Crippen LogP contribution in [0.1, 0.15) is 23.6 Å².